The second-order valence-corrected chi connectivity index (χ2v) is 4.50. The Morgan fingerprint density at radius 1 is 1.35 bits per heavy atom. The van der Waals surface area contributed by atoms with Gasteiger partial charge in [-0.15, -0.1) is 0 Å². The van der Waals surface area contributed by atoms with Crippen LogP contribution in [-0.2, 0) is 14.3 Å². The number of carboxylic acids is 1. The summed E-state index contributed by atoms with van der Waals surface area (Å²) in [5, 5.41) is 8.88. The molecule has 5 heteroatoms. The lowest BCUT2D eigenvalue weighted by atomic mass is 10.0. The minimum atomic E-state index is -0.780. The van der Waals surface area contributed by atoms with E-state index in [0.29, 0.717) is 39.0 Å². The molecule has 0 aromatic carbocycles. The molecule has 0 aliphatic heterocycles. The lowest BCUT2D eigenvalue weighted by molar-refractivity contribution is -0.141. The largest absolute Gasteiger partial charge is 0.481 e. The van der Waals surface area contributed by atoms with Crippen LogP contribution in [0, 0.1) is 11.8 Å². The highest BCUT2D eigenvalue weighted by atomic mass is 16.5. The van der Waals surface area contributed by atoms with E-state index in [1.807, 2.05) is 6.92 Å². The fourth-order valence-corrected chi connectivity index (χ4v) is 2.20. The predicted octanol–water partition coefficient (Wildman–Crippen LogP) is 0.982. The fourth-order valence-electron chi connectivity index (χ4n) is 2.20. The van der Waals surface area contributed by atoms with Gasteiger partial charge in [-0.25, -0.2) is 0 Å². The van der Waals surface area contributed by atoms with E-state index in [2.05, 4.69) is 0 Å². The van der Waals surface area contributed by atoms with Gasteiger partial charge in [0.25, 0.3) is 0 Å². The standard InChI is InChI=1S/C12H21NO4/c1-3-17-7-6-13(2)11(14)9-4-5-10(8-9)12(15)16/h9-10H,3-8H2,1-2H3,(H,15,16). The summed E-state index contributed by atoms with van der Waals surface area (Å²) in [5.41, 5.74) is 0. The van der Waals surface area contributed by atoms with Gasteiger partial charge in [-0.3, -0.25) is 9.59 Å². The number of carboxylic acid groups (broad SMARTS) is 1. The Balaban J connectivity index is 2.35. The quantitative estimate of drug-likeness (QED) is 0.706. The highest BCUT2D eigenvalue weighted by molar-refractivity contribution is 5.80. The van der Waals surface area contributed by atoms with Crippen LogP contribution in [-0.4, -0.2) is 48.7 Å². The van der Waals surface area contributed by atoms with E-state index in [0.717, 1.165) is 0 Å². The Labute approximate surface area is 102 Å². The molecule has 2 atom stereocenters. The number of rotatable bonds is 6. The Kier molecular flexibility index (Phi) is 5.41. The zero-order valence-electron chi connectivity index (χ0n) is 10.5. The normalized spacial score (nSPS) is 23.6. The summed E-state index contributed by atoms with van der Waals surface area (Å²) in [5.74, 6) is -1.20. The molecule has 0 radical (unpaired) electrons. The smallest absolute Gasteiger partial charge is 0.306 e. The maximum absolute atomic E-state index is 12.0. The maximum Gasteiger partial charge on any atom is 0.306 e. The summed E-state index contributed by atoms with van der Waals surface area (Å²) < 4.78 is 5.19. The van der Waals surface area contributed by atoms with Crippen molar-refractivity contribution in [2.45, 2.75) is 26.2 Å². The minimum absolute atomic E-state index is 0.0495. The number of amides is 1. The van der Waals surface area contributed by atoms with E-state index < -0.39 is 5.97 Å². The van der Waals surface area contributed by atoms with Crippen LogP contribution in [0.1, 0.15) is 26.2 Å². The molecule has 1 fully saturated rings. The first-order valence-electron chi connectivity index (χ1n) is 6.11. The molecule has 1 N–H and O–H groups in total. The van der Waals surface area contributed by atoms with E-state index >= 15 is 0 Å². The molecule has 98 valence electrons. The zero-order chi connectivity index (χ0) is 12.8. The third-order valence-corrected chi connectivity index (χ3v) is 3.28. The molecular formula is C12H21NO4. The average Bonchev–Trinajstić information content (AvgIpc) is 2.77. The van der Waals surface area contributed by atoms with Gasteiger partial charge in [0.05, 0.1) is 12.5 Å². The molecule has 0 saturated heterocycles. The summed E-state index contributed by atoms with van der Waals surface area (Å²) >= 11 is 0. The summed E-state index contributed by atoms with van der Waals surface area (Å²) in [6, 6.07) is 0. The molecule has 0 bridgehead atoms. The average molecular weight is 243 g/mol. The number of hydrogen-bond acceptors (Lipinski definition) is 3. The molecule has 1 aliphatic carbocycles. The lowest BCUT2D eigenvalue weighted by Crippen LogP contribution is -2.34. The van der Waals surface area contributed by atoms with Crippen molar-refractivity contribution in [3.8, 4) is 0 Å². The summed E-state index contributed by atoms with van der Waals surface area (Å²) in [6.45, 7) is 3.66. The second kappa shape index (κ2) is 6.59. The Bertz CT molecular complexity index is 280. The van der Waals surface area contributed by atoms with Crippen LogP contribution in [0.25, 0.3) is 0 Å². The van der Waals surface area contributed by atoms with E-state index in [-0.39, 0.29) is 17.7 Å². The monoisotopic (exact) mass is 243 g/mol. The Morgan fingerprint density at radius 3 is 2.53 bits per heavy atom. The van der Waals surface area contributed by atoms with Crippen molar-refractivity contribution in [3.63, 3.8) is 0 Å². The number of aliphatic carboxylic acids is 1. The first-order valence-corrected chi connectivity index (χ1v) is 6.11. The lowest BCUT2D eigenvalue weighted by Gasteiger charge is -2.20. The van der Waals surface area contributed by atoms with E-state index in [1.54, 1.807) is 11.9 Å². The molecule has 1 amide bonds. The van der Waals surface area contributed by atoms with E-state index in [1.165, 1.54) is 0 Å². The molecule has 1 rings (SSSR count). The van der Waals surface area contributed by atoms with Crippen LogP contribution in [0.2, 0.25) is 0 Å². The number of nitrogens with zero attached hydrogens (tertiary/aromatic N) is 1. The molecule has 17 heavy (non-hydrogen) atoms. The molecule has 5 nitrogen and oxygen atoms in total. The van der Waals surface area contributed by atoms with Crippen molar-refractivity contribution in [2.24, 2.45) is 11.8 Å². The van der Waals surface area contributed by atoms with Gasteiger partial charge >= 0.3 is 5.97 Å². The van der Waals surface area contributed by atoms with Gasteiger partial charge in [-0.05, 0) is 26.2 Å². The summed E-state index contributed by atoms with van der Waals surface area (Å²) in [6.07, 6.45) is 1.78. The van der Waals surface area contributed by atoms with Crippen molar-refractivity contribution >= 4 is 11.9 Å². The molecule has 0 heterocycles. The van der Waals surface area contributed by atoms with Crippen LogP contribution >= 0.6 is 0 Å². The number of likely N-dealkylation sites (N-methyl/N-ethyl adjacent to an activating group) is 1. The Morgan fingerprint density at radius 2 is 2.00 bits per heavy atom. The number of hydrogen-bond donors (Lipinski definition) is 1. The van der Waals surface area contributed by atoms with Crippen molar-refractivity contribution in [1.82, 2.24) is 4.90 Å². The van der Waals surface area contributed by atoms with Crippen LogP contribution in [0.3, 0.4) is 0 Å². The number of carbonyl (C=O) groups excluding carboxylic acids is 1. The molecule has 0 spiro atoms. The molecular weight excluding hydrogens is 222 g/mol. The highest BCUT2D eigenvalue weighted by Crippen LogP contribution is 2.32. The molecule has 2 unspecified atom stereocenters. The molecule has 0 aromatic heterocycles. The first-order chi connectivity index (χ1) is 8.06. The highest BCUT2D eigenvalue weighted by Gasteiger charge is 2.34. The van der Waals surface area contributed by atoms with E-state index in [9.17, 15) is 9.59 Å². The topological polar surface area (TPSA) is 66.8 Å². The minimum Gasteiger partial charge on any atom is -0.481 e. The summed E-state index contributed by atoms with van der Waals surface area (Å²) in [7, 11) is 1.75. The van der Waals surface area contributed by atoms with Gasteiger partial charge in [0, 0.05) is 26.1 Å². The predicted molar refractivity (Wildman–Crippen MR) is 62.6 cm³/mol. The molecule has 1 saturated carbocycles. The number of ether oxygens (including phenoxy) is 1. The van der Waals surface area contributed by atoms with Crippen LogP contribution in [0.5, 0.6) is 0 Å². The fraction of sp³-hybridized carbons (Fsp3) is 0.833. The van der Waals surface area contributed by atoms with Gasteiger partial charge in [-0.2, -0.15) is 0 Å². The SMILES string of the molecule is CCOCCN(C)C(=O)C1CCC(C(=O)O)C1. The third kappa shape index (κ3) is 4.00. The van der Waals surface area contributed by atoms with Crippen molar-refractivity contribution in [2.75, 3.05) is 26.8 Å². The van der Waals surface area contributed by atoms with Crippen LogP contribution in [0.4, 0.5) is 0 Å². The number of carbonyl (C=O) groups is 2. The van der Waals surface area contributed by atoms with Gasteiger partial charge in [0.2, 0.25) is 5.91 Å². The van der Waals surface area contributed by atoms with Crippen molar-refractivity contribution < 1.29 is 19.4 Å². The van der Waals surface area contributed by atoms with Crippen molar-refractivity contribution in [1.29, 1.82) is 0 Å². The van der Waals surface area contributed by atoms with Crippen LogP contribution < -0.4 is 0 Å². The van der Waals surface area contributed by atoms with Crippen LogP contribution in [0.15, 0.2) is 0 Å². The van der Waals surface area contributed by atoms with E-state index in [4.69, 9.17) is 9.84 Å². The summed E-state index contributed by atoms with van der Waals surface area (Å²) in [4.78, 5) is 24.4. The first kappa shape index (κ1) is 14.0. The van der Waals surface area contributed by atoms with Crippen molar-refractivity contribution in [3.05, 3.63) is 0 Å². The van der Waals surface area contributed by atoms with Gasteiger partial charge < -0.3 is 14.7 Å². The van der Waals surface area contributed by atoms with Gasteiger partial charge in [0.1, 0.15) is 0 Å². The Hall–Kier alpha value is -1.10. The zero-order valence-corrected chi connectivity index (χ0v) is 10.5. The molecule has 1 aliphatic rings. The third-order valence-electron chi connectivity index (χ3n) is 3.28. The van der Waals surface area contributed by atoms with Gasteiger partial charge in [0.15, 0.2) is 0 Å². The maximum atomic E-state index is 12.0. The second-order valence-electron chi connectivity index (χ2n) is 4.50. The molecule has 0 aromatic rings. The van der Waals surface area contributed by atoms with Gasteiger partial charge in [-0.1, -0.05) is 0 Å².